The van der Waals surface area contributed by atoms with Crippen LogP contribution >= 0.6 is 0 Å². The maximum Gasteiger partial charge on any atom is 0.306 e. The molecule has 0 saturated carbocycles. The number of aryl methyl sites for hydroxylation is 2. The third-order valence-electron chi connectivity index (χ3n) is 2.76. The number of hydrogen-bond donors (Lipinski definition) is 0. The van der Waals surface area contributed by atoms with Crippen LogP contribution in [0.5, 0.6) is 0 Å². The molecule has 0 amide bonds. The Hall–Kier alpha value is -1.31. The number of unbranched alkanes of at least 4 members (excludes halogenated alkanes) is 1. The zero-order valence-corrected chi connectivity index (χ0v) is 11.2. The highest BCUT2D eigenvalue weighted by molar-refractivity contribution is 5.69. The Kier molecular flexibility index (Phi) is 5.20. The molecule has 0 radical (unpaired) electrons. The molecule has 1 aromatic rings. The minimum Gasteiger partial charge on any atom is -0.458 e. The molecule has 0 unspecified atom stereocenters. The summed E-state index contributed by atoms with van der Waals surface area (Å²) in [6.07, 6.45) is 2.29. The maximum absolute atomic E-state index is 11.5. The van der Waals surface area contributed by atoms with Crippen LogP contribution in [0.25, 0.3) is 0 Å². The van der Waals surface area contributed by atoms with Gasteiger partial charge in [0.2, 0.25) is 0 Å². The molecule has 1 aromatic carbocycles. The second-order valence-electron chi connectivity index (χ2n) is 4.66. The molecule has 0 saturated heterocycles. The van der Waals surface area contributed by atoms with Gasteiger partial charge >= 0.3 is 5.97 Å². The first kappa shape index (κ1) is 13.8. The van der Waals surface area contributed by atoms with Gasteiger partial charge < -0.3 is 4.74 Å². The molecule has 0 aromatic heterocycles. The first-order valence-corrected chi connectivity index (χ1v) is 6.30. The highest BCUT2D eigenvalue weighted by Crippen LogP contribution is 2.20. The number of esters is 1. The van der Waals surface area contributed by atoms with Crippen LogP contribution in [0.4, 0.5) is 0 Å². The van der Waals surface area contributed by atoms with E-state index in [4.69, 9.17) is 4.74 Å². The van der Waals surface area contributed by atoms with Crippen molar-refractivity contribution in [2.45, 2.75) is 53.1 Å². The van der Waals surface area contributed by atoms with E-state index < -0.39 is 0 Å². The van der Waals surface area contributed by atoms with Gasteiger partial charge in [-0.15, -0.1) is 0 Å². The van der Waals surface area contributed by atoms with Gasteiger partial charge in [-0.2, -0.15) is 0 Å². The van der Waals surface area contributed by atoms with Gasteiger partial charge in [-0.1, -0.05) is 42.7 Å². The smallest absolute Gasteiger partial charge is 0.306 e. The lowest BCUT2D eigenvalue weighted by Gasteiger charge is -2.15. The lowest BCUT2D eigenvalue weighted by Crippen LogP contribution is -2.08. The highest BCUT2D eigenvalue weighted by atomic mass is 16.5. The number of carbonyl (C=O) groups is 1. The average Bonchev–Trinajstić information content (AvgIpc) is 2.25. The van der Waals surface area contributed by atoms with Crippen LogP contribution in [0.2, 0.25) is 0 Å². The lowest BCUT2D eigenvalue weighted by atomic mass is 10.0. The molecule has 0 heterocycles. The largest absolute Gasteiger partial charge is 0.458 e. The number of rotatable bonds is 5. The molecule has 0 aliphatic carbocycles. The summed E-state index contributed by atoms with van der Waals surface area (Å²) in [5.41, 5.74) is 3.49. The van der Waals surface area contributed by atoms with Crippen LogP contribution in [0.15, 0.2) is 18.2 Å². The lowest BCUT2D eigenvalue weighted by molar-refractivity contribution is -0.148. The van der Waals surface area contributed by atoms with Crippen molar-refractivity contribution in [3.63, 3.8) is 0 Å². The summed E-state index contributed by atoms with van der Waals surface area (Å²) in [6.45, 7) is 8.11. The highest BCUT2D eigenvalue weighted by Gasteiger charge is 2.11. The van der Waals surface area contributed by atoms with E-state index in [1.807, 2.05) is 6.92 Å². The fraction of sp³-hybridized carbons (Fsp3) is 0.533. The van der Waals surface area contributed by atoms with Crippen molar-refractivity contribution in [3.8, 4) is 0 Å². The summed E-state index contributed by atoms with van der Waals surface area (Å²) < 4.78 is 5.41. The van der Waals surface area contributed by atoms with E-state index in [-0.39, 0.29) is 12.1 Å². The van der Waals surface area contributed by atoms with Crippen LogP contribution in [-0.2, 0) is 9.53 Å². The van der Waals surface area contributed by atoms with Crippen LogP contribution < -0.4 is 0 Å². The fourth-order valence-electron chi connectivity index (χ4n) is 1.89. The van der Waals surface area contributed by atoms with Crippen LogP contribution in [0.1, 0.15) is 55.9 Å². The Morgan fingerprint density at radius 2 is 1.82 bits per heavy atom. The predicted octanol–water partition coefficient (Wildman–Crippen LogP) is 4.10. The number of carbonyl (C=O) groups excluding carboxylic acids is 1. The molecule has 1 atom stereocenters. The summed E-state index contributed by atoms with van der Waals surface area (Å²) in [6, 6.07) is 6.27. The number of benzene rings is 1. The van der Waals surface area contributed by atoms with Crippen molar-refractivity contribution in [3.05, 3.63) is 34.9 Å². The average molecular weight is 234 g/mol. The van der Waals surface area contributed by atoms with Crippen molar-refractivity contribution in [2.24, 2.45) is 0 Å². The molecule has 0 aliphatic rings. The molecular formula is C15H22O2. The van der Waals surface area contributed by atoms with Gasteiger partial charge in [-0.25, -0.2) is 0 Å². The SMILES string of the molecule is CCCCC(=O)O[C@H](C)c1cc(C)cc(C)c1. The molecule has 0 bridgehead atoms. The first-order chi connectivity index (χ1) is 8.02. The molecule has 0 N–H and O–H groups in total. The second kappa shape index (κ2) is 6.43. The van der Waals surface area contributed by atoms with E-state index in [1.165, 1.54) is 11.1 Å². The van der Waals surface area contributed by atoms with Gasteiger partial charge in [0.05, 0.1) is 0 Å². The summed E-state index contributed by atoms with van der Waals surface area (Å²) in [4.78, 5) is 11.5. The van der Waals surface area contributed by atoms with E-state index in [2.05, 4.69) is 39.0 Å². The van der Waals surface area contributed by atoms with Crippen molar-refractivity contribution in [2.75, 3.05) is 0 Å². The Morgan fingerprint density at radius 3 is 2.35 bits per heavy atom. The third-order valence-corrected chi connectivity index (χ3v) is 2.76. The van der Waals surface area contributed by atoms with Crippen molar-refractivity contribution < 1.29 is 9.53 Å². The zero-order chi connectivity index (χ0) is 12.8. The Morgan fingerprint density at radius 1 is 1.24 bits per heavy atom. The Labute approximate surface area is 104 Å². The summed E-state index contributed by atoms with van der Waals surface area (Å²) in [5, 5.41) is 0. The molecule has 94 valence electrons. The van der Waals surface area contributed by atoms with Crippen molar-refractivity contribution >= 4 is 5.97 Å². The predicted molar refractivity (Wildman–Crippen MR) is 69.9 cm³/mol. The molecular weight excluding hydrogens is 212 g/mol. The normalized spacial score (nSPS) is 12.2. The van der Waals surface area contributed by atoms with Crippen molar-refractivity contribution in [1.29, 1.82) is 0 Å². The monoisotopic (exact) mass is 234 g/mol. The van der Waals surface area contributed by atoms with E-state index in [0.29, 0.717) is 6.42 Å². The van der Waals surface area contributed by atoms with Gasteiger partial charge in [0.1, 0.15) is 6.10 Å². The molecule has 0 fully saturated rings. The molecule has 2 heteroatoms. The summed E-state index contributed by atoms with van der Waals surface area (Å²) in [7, 11) is 0. The fourth-order valence-corrected chi connectivity index (χ4v) is 1.89. The third kappa shape index (κ3) is 4.59. The number of hydrogen-bond acceptors (Lipinski definition) is 2. The Balaban J connectivity index is 2.63. The van der Waals surface area contributed by atoms with Crippen LogP contribution in [-0.4, -0.2) is 5.97 Å². The molecule has 0 spiro atoms. The van der Waals surface area contributed by atoms with E-state index in [9.17, 15) is 4.79 Å². The van der Waals surface area contributed by atoms with Gasteiger partial charge in [-0.3, -0.25) is 4.79 Å². The molecule has 17 heavy (non-hydrogen) atoms. The van der Waals surface area contributed by atoms with Crippen LogP contribution in [0.3, 0.4) is 0 Å². The molecule has 2 nitrogen and oxygen atoms in total. The van der Waals surface area contributed by atoms with Gasteiger partial charge in [0.15, 0.2) is 0 Å². The molecule has 1 rings (SSSR count). The minimum absolute atomic E-state index is 0.0986. The quantitative estimate of drug-likeness (QED) is 0.717. The summed E-state index contributed by atoms with van der Waals surface area (Å²) in [5.74, 6) is -0.0986. The second-order valence-corrected chi connectivity index (χ2v) is 4.66. The molecule has 0 aliphatic heterocycles. The van der Waals surface area contributed by atoms with Gasteiger partial charge in [-0.05, 0) is 32.8 Å². The van der Waals surface area contributed by atoms with E-state index in [0.717, 1.165) is 18.4 Å². The topological polar surface area (TPSA) is 26.3 Å². The summed E-state index contributed by atoms with van der Waals surface area (Å²) >= 11 is 0. The van der Waals surface area contributed by atoms with Crippen LogP contribution in [0, 0.1) is 13.8 Å². The maximum atomic E-state index is 11.5. The van der Waals surface area contributed by atoms with Crippen molar-refractivity contribution in [1.82, 2.24) is 0 Å². The van der Waals surface area contributed by atoms with E-state index in [1.54, 1.807) is 0 Å². The standard InChI is InChI=1S/C15H22O2/c1-5-6-7-15(16)17-13(4)14-9-11(2)8-12(3)10-14/h8-10,13H,5-7H2,1-4H3/t13-/m1/s1. The first-order valence-electron chi connectivity index (χ1n) is 6.30. The Bertz CT molecular complexity index is 362. The number of ether oxygens (including phenoxy) is 1. The zero-order valence-electron chi connectivity index (χ0n) is 11.2. The van der Waals surface area contributed by atoms with E-state index >= 15 is 0 Å². The van der Waals surface area contributed by atoms with Gasteiger partial charge in [0.25, 0.3) is 0 Å². The van der Waals surface area contributed by atoms with Gasteiger partial charge in [0, 0.05) is 6.42 Å². The minimum atomic E-state index is -0.155.